The van der Waals surface area contributed by atoms with Gasteiger partial charge < -0.3 is 19.5 Å². The van der Waals surface area contributed by atoms with Gasteiger partial charge in [0.2, 0.25) is 0 Å². The molecule has 2 aromatic rings. The Hall–Kier alpha value is -3.28. The molecule has 0 saturated carbocycles. The summed E-state index contributed by atoms with van der Waals surface area (Å²) in [6.07, 6.45) is 2.84. The van der Waals surface area contributed by atoms with E-state index in [0.717, 1.165) is 11.1 Å². The standard InChI is InChI=1S/C21H23NO5/c1-4-26-18-11-7-16(13-19(18)25-3)8-12-21(24)27-14-20(23)22-17-9-5-15(2)6-10-17/h5-13H,4,14H2,1-3H3,(H,22,23)/b12-8+. The summed E-state index contributed by atoms with van der Waals surface area (Å²) in [5.74, 6) is 0.197. The Labute approximate surface area is 158 Å². The Morgan fingerprint density at radius 2 is 1.81 bits per heavy atom. The summed E-state index contributed by atoms with van der Waals surface area (Å²) in [4.78, 5) is 23.6. The van der Waals surface area contributed by atoms with Crippen LogP contribution in [-0.2, 0) is 14.3 Å². The molecule has 1 amide bonds. The molecule has 0 spiro atoms. The van der Waals surface area contributed by atoms with Gasteiger partial charge in [0.1, 0.15) is 0 Å². The van der Waals surface area contributed by atoms with E-state index in [-0.39, 0.29) is 6.61 Å². The number of amides is 1. The van der Waals surface area contributed by atoms with E-state index < -0.39 is 11.9 Å². The Kier molecular flexibility index (Phi) is 7.43. The average molecular weight is 369 g/mol. The van der Waals surface area contributed by atoms with E-state index in [9.17, 15) is 9.59 Å². The van der Waals surface area contributed by atoms with Crippen LogP contribution in [0.1, 0.15) is 18.1 Å². The Bertz CT molecular complexity index is 812. The summed E-state index contributed by atoms with van der Waals surface area (Å²) in [5.41, 5.74) is 2.49. The van der Waals surface area contributed by atoms with Gasteiger partial charge in [-0.15, -0.1) is 0 Å². The lowest BCUT2D eigenvalue weighted by atomic mass is 10.2. The fourth-order valence-corrected chi connectivity index (χ4v) is 2.25. The van der Waals surface area contributed by atoms with Crippen molar-refractivity contribution in [1.82, 2.24) is 0 Å². The topological polar surface area (TPSA) is 73.9 Å². The van der Waals surface area contributed by atoms with Crippen molar-refractivity contribution in [3.63, 3.8) is 0 Å². The Morgan fingerprint density at radius 1 is 1.07 bits per heavy atom. The van der Waals surface area contributed by atoms with Crippen molar-refractivity contribution in [2.24, 2.45) is 0 Å². The number of carbonyl (C=O) groups excluding carboxylic acids is 2. The number of aryl methyl sites for hydroxylation is 1. The summed E-state index contributed by atoms with van der Waals surface area (Å²) in [5, 5.41) is 2.66. The van der Waals surface area contributed by atoms with Crippen molar-refractivity contribution in [3.05, 3.63) is 59.7 Å². The third kappa shape index (κ3) is 6.51. The van der Waals surface area contributed by atoms with Crippen LogP contribution in [-0.4, -0.2) is 32.2 Å². The molecule has 6 nitrogen and oxygen atoms in total. The predicted octanol–water partition coefficient (Wildman–Crippen LogP) is 3.60. The molecule has 2 aromatic carbocycles. The lowest BCUT2D eigenvalue weighted by Gasteiger charge is -2.09. The summed E-state index contributed by atoms with van der Waals surface area (Å²) in [6.45, 7) is 4.02. The molecule has 0 aliphatic heterocycles. The van der Waals surface area contributed by atoms with Gasteiger partial charge in [-0.05, 0) is 49.8 Å². The lowest BCUT2D eigenvalue weighted by Crippen LogP contribution is -2.20. The molecule has 6 heteroatoms. The van der Waals surface area contributed by atoms with Crippen LogP contribution >= 0.6 is 0 Å². The van der Waals surface area contributed by atoms with E-state index in [1.807, 2.05) is 26.0 Å². The maximum Gasteiger partial charge on any atom is 0.331 e. The number of esters is 1. The molecule has 27 heavy (non-hydrogen) atoms. The number of nitrogens with one attached hydrogen (secondary N) is 1. The lowest BCUT2D eigenvalue weighted by molar-refractivity contribution is -0.142. The van der Waals surface area contributed by atoms with Gasteiger partial charge >= 0.3 is 5.97 Å². The van der Waals surface area contributed by atoms with Gasteiger partial charge in [0, 0.05) is 11.8 Å². The number of rotatable bonds is 8. The first kappa shape index (κ1) is 20.0. The molecule has 0 aromatic heterocycles. The van der Waals surface area contributed by atoms with E-state index >= 15 is 0 Å². The Morgan fingerprint density at radius 3 is 2.48 bits per heavy atom. The minimum Gasteiger partial charge on any atom is -0.493 e. The van der Waals surface area contributed by atoms with Crippen molar-refractivity contribution in [2.45, 2.75) is 13.8 Å². The van der Waals surface area contributed by atoms with Gasteiger partial charge in [-0.3, -0.25) is 4.79 Å². The van der Waals surface area contributed by atoms with Crippen molar-refractivity contribution >= 4 is 23.6 Å². The fraction of sp³-hybridized carbons (Fsp3) is 0.238. The molecular formula is C21H23NO5. The van der Waals surface area contributed by atoms with Crippen LogP contribution in [0.25, 0.3) is 6.08 Å². The molecule has 0 bridgehead atoms. The van der Waals surface area contributed by atoms with E-state index in [2.05, 4.69) is 5.32 Å². The maximum atomic E-state index is 11.8. The van der Waals surface area contributed by atoms with Crippen molar-refractivity contribution in [2.75, 3.05) is 25.6 Å². The molecule has 0 aliphatic rings. The second-order valence-electron chi connectivity index (χ2n) is 5.70. The average Bonchev–Trinajstić information content (AvgIpc) is 2.67. The van der Waals surface area contributed by atoms with E-state index in [4.69, 9.17) is 14.2 Å². The highest BCUT2D eigenvalue weighted by molar-refractivity contribution is 5.94. The normalized spacial score (nSPS) is 10.5. The second kappa shape index (κ2) is 10.0. The van der Waals surface area contributed by atoms with Crippen LogP contribution in [0.15, 0.2) is 48.5 Å². The van der Waals surface area contributed by atoms with Crippen LogP contribution < -0.4 is 14.8 Å². The smallest absolute Gasteiger partial charge is 0.331 e. The first-order valence-corrected chi connectivity index (χ1v) is 8.54. The molecule has 2 rings (SSSR count). The van der Waals surface area contributed by atoms with Crippen molar-refractivity contribution in [3.8, 4) is 11.5 Å². The highest BCUT2D eigenvalue weighted by atomic mass is 16.5. The van der Waals surface area contributed by atoms with E-state index in [0.29, 0.717) is 23.8 Å². The van der Waals surface area contributed by atoms with Gasteiger partial charge in [-0.2, -0.15) is 0 Å². The number of hydrogen-bond acceptors (Lipinski definition) is 5. The zero-order valence-corrected chi connectivity index (χ0v) is 15.7. The molecule has 0 heterocycles. The fourth-order valence-electron chi connectivity index (χ4n) is 2.25. The van der Waals surface area contributed by atoms with Crippen LogP contribution in [0.2, 0.25) is 0 Å². The number of benzene rings is 2. The van der Waals surface area contributed by atoms with Gasteiger partial charge in [-0.1, -0.05) is 23.8 Å². The third-order valence-corrected chi connectivity index (χ3v) is 3.58. The first-order valence-electron chi connectivity index (χ1n) is 8.54. The number of ether oxygens (including phenoxy) is 3. The summed E-state index contributed by atoms with van der Waals surface area (Å²) < 4.78 is 15.7. The number of carbonyl (C=O) groups is 2. The molecule has 0 unspecified atom stereocenters. The first-order chi connectivity index (χ1) is 13.0. The molecule has 142 valence electrons. The quantitative estimate of drug-likeness (QED) is 0.568. The molecule has 0 aliphatic carbocycles. The van der Waals surface area contributed by atoms with Gasteiger partial charge in [0.25, 0.3) is 5.91 Å². The van der Waals surface area contributed by atoms with Gasteiger partial charge in [0.15, 0.2) is 18.1 Å². The van der Waals surface area contributed by atoms with Crippen molar-refractivity contribution < 1.29 is 23.8 Å². The van der Waals surface area contributed by atoms with E-state index in [1.165, 1.54) is 6.08 Å². The van der Waals surface area contributed by atoms with Gasteiger partial charge in [-0.25, -0.2) is 4.79 Å². The molecule has 0 atom stereocenters. The zero-order valence-electron chi connectivity index (χ0n) is 15.7. The summed E-state index contributed by atoms with van der Waals surface area (Å²) in [6, 6.07) is 12.6. The molecule has 0 radical (unpaired) electrons. The number of anilines is 1. The van der Waals surface area contributed by atoms with Crippen LogP contribution in [0.3, 0.4) is 0 Å². The molecule has 0 fully saturated rings. The maximum absolute atomic E-state index is 11.8. The van der Waals surface area contributed by atoms with Gasteiger partial charge in [0.05, 0.1) is 13.7 Å². The van der Waals surface area contributed by atoms with Crippen molar-refractivity contribution in [1.29, 1.82) is 0 Å². The summed E-state index contributed by atoms with van der Waals surface area (Å²) >= 11 is 0. The molecule has 1 N–H and O–H groups in total. The second-order valence-corrected chi connectivity index (χ2v) is 5.70. The number of methoxy groups -OCH3 is 1. The van der Waals surface area contributed by atoms with E-state index in [1.54, 1.807) is 43.5 Å². The Balaban J connectivity index is 1.85. The predicted molar refractivity (Wildman–Crippen MR) is 104 cm³/mol. The van der Waals surface area contributed by atoms with Crippen LogP contribution in [0.4, 0.5) is 5.69 Å². The minimum atomic E-state index is -0.609. The molecular weight excluding hydrogens is 346 g/mol. The largest absolute Gasteiger partial charge is 0.493 e. The number of hydrogen-bond donors (Lipinski definition) is 1. The zero-order chi connectivity index (χ0) is 19.6. The minimum absolute atomic E-state index is 0.357. The van der Waals surface area contributed by atoms with Crippen LogP contribution in [0.5, 0.6) is 11.5 Å². The highest BCUT2D eigenvalue weighted by Crippen LogP contribution is 2.28. The third-order valence-electron chi connectivity index (χ3n) is 3.58. The summed E-state index contributed by atoms with van der Waals surface area (Å²) in [7, 11) is 1.55. The van der Waals surface area contributed by atoms with Crippen LogP contribution in [0, 0.1) is 6.92 Å². The molecule has 0 saturated heterocycles. The highest BCUT2D eigenvalue weighted by Gasteiger charge is 2.07. The SMILES string of the molecule is CCOc1ccc(/C=C/C(=O)OCC(=O)Nc2ccc(C)cc2)cc1OC. The monoisotopic (exact) mass is 369 g/mol.